The van der Waals surface area contributed by atoms with Gasteiger partial charge in [0.05, 0.1) is 32.6 Å². The molecule has 2 N–H and O–H groups in total. The van der Waals surface area contributed by atoms with Gasteiger partial charge in [0.1, 0.15) is 17.2 Å². The minimum atomic E-state index is -0.338. The summed E-state index contributed by atoms with van der Waals surface area (Å²) in [6.45, 7) is 0.554. The van der Waals surface area contributed by atoms with Gasteiger partial charge in [0.25, 0.3) is 5.91 Å². The topological polar surface area (TPSA) is 94.6 Å². The van der Waals surface area contributed by atoms with E-state index in [1.807, 2.05) is 24.3 Å². The normalized spacial score (nSPS) is 10.2. The van der Waals surface area contributed by atoms with Gasteiger partial charge in [-0.25, -0.2) is 9.97 Å². The first-order chi connectivity index (χ1) is 14.1. The van der Waals surface area contributed by atoms with E-state index in [-0.39, 0.29) is 5.91 Å². The largest absolute Gasteiger partial charge is 0.497 e. The summed E-state index contributed by atoms with van der Waals surface area (Å²) in [5.41, 5.74) is 1.92. The van der Waals surface area contributed by atoms with Crippen LogP contribution < -0.4 is 24.8 Å². The smallest absolute Gasteiger partial charge is 0.258 e. The molecule has 0 unspecified atom stereocenters. The number of rotatable bonds is 8. The highest BCUT2D eigenvalue weighted by Gasteiger charge is 2.12. The van der Waals surface area contributed by atoms with Gasteiger partial charge < -0.3 is 24.8 Å². The number of hydrogen-bond donors (Lipinski definition) is 2. The first-order valence-electron chi connectivity index (χ1n) is 8.85. The molecule has 0 saturated carbocycles. The highest BCUT2D eigenvalue weighted by atomic mass is 16.5. The molecule has 2 aromatic carbocycles. The number of carbonyl (C=O) groups excluding carboxylic acids is 1. The lowest BCUT2D eigenvalue weighted by molar-refractivity contribution is 0.102. The van der Waals surface area contributed by atoms with Gasteiger partial charge in [0, 0.05) is 25.0 Å². The van der Waals surface area contributed by atoms with E-state index >= 15 is 0 Å². The molecule has 0 saturated heterocycles. The van der Waals surface area contributed by atoms with E-state index in [0.717, 1.165) is 11.3 Å². The molecule has 0 bridgehead atoms. The third kappa shape index (κ3) is 5.13. The summed E-state index contributed by atoms with van der Waals surface area (Å²) in [6, 6.07) is 12.8. The molecule has 8 heteroatoms. The van der Waals surface area contributed by atoms with Crippen molar-refractivity contribution in [3.8, 4) is 17.2 Å². The highest BCUT2D eigenvalue weighted by Crippen LogP contribution is 2.29. The van der Waals surface area contributed by atoms with Gasteiger partial charge in [0.15, 0.2) is 0 Å². The van der Waals surface area contributed by atoms with Crippen molar-refractivity contribution in [3.05, 3.63) is 66.0 Å². The Bertz CT molecular complexity index is 959. The van der Waals surface area contributed by atoms with Crippen molar-refractivity contribution in [2.24, 2.45) is 0 Å². The molecule has 0 atom stereocenters. The zero-order valence-corrected chi connectivity index (χ0v) is 16.4. The van der Waals surface area contributed by atoms with Crippen LogP contribution in [0.4, 0.5) is 11.6 Å². The molecule has 3 rings (SSSR count). The van der Waals surface area contributed by atoms with Crippen LogP contribution in [-0.2, 0) is 6.54 Å². The number of hydrogen-bond acceptors (Lipinski definition) is 7. The zero-order chi connectivity index (χ0) is 20.6. The van der Waals surface area contributed by atoms with E-state index < -0.39 is 0 Å². The van der Waals surface area contributed by atoms with Crippen molar-refractivity contribution in [1.82, 2.24) is 9.97 Å². The van der Waals surface area contributed by atoms with Gasteiger partial charge in [0.2, 0.25) is 5.95 Å². The highest BCUT2D eigenvalue weighted by molar-refractivity contribution is 6.04. The summed E-state index contributed by atoms with van der Waals surface area (Å²) in [7, 11) is 4.72. The summed E-state index contributed by atoms with van der Waals surface area (Å²) in [6.07, 6.45) is 2.93. The van der Waals surface area contributed by atoms with Crippen molar-refractivity contribution < 1.29 is 19.0 Å². The standard InChI is InChI=1S/C21H22N4O4/c1-27-16-6-4-14(5-7-16)11-22-21-23-12-15(13-24-21)20(26)25-18-9-8-17(28-2)10-19(18)29-3/h4-10,12-13H,11H2,1-3H3,(H,25,26)(H,22,23,24). The van der Waals surface area contributed by atoms with Crippen molar-refractivity contribution in [3.63, 3.8) is 0 Å². The van der Waals surface area contributed by atoms with Gasteiger partial charge in [-0.05, 0) is 29.8 Å². The summed E-state index contributed by atoms with van der Waals surface area (Å²) in [4.78, 5) is 20.9. The number of carbonyl (C=O) groups is 1. The second-order valence-corrected chi connectivity index (χ2v) is 6.02. The predicted octanol–water partition coefficient (Wildman–Crippen LogP) is 3.37. The Hall–Kier alpha value is -3.81. The maximum atomic E-state index is 12.5. The Labute approximate surface area is 168 Å². The number of amides is 1. The third-order valence-electron chi connectivity index (χ3n) is 4.18. The van der Waals surface area contributed by atoms with Crippen molar-refractivity contribution in [2.75, 3.05) is 32.0 Å². The van der Waals surface area contributed by atoms with Crippen LogP contribution in [0.1, 0.15) is 15.9 Å². The molecule has 3 aromatic rings. The first kappa shape index (κ1) is 19.9. The molecule has 0 spiro atoms. The van der Waals surface area contributed by atoms with Crippen molar-refractivity contribution in [2.45, 2.75) is 6.54 Å². The van der Waals surface area contributed by atoms with Crippen molar-refractivity contribution >= 4 is 17.5 Å². The minimum Gasteiger partial charge on any atom is -0.497 e. The average Bonchev–Trinajstić information content (AvgIpc) is 2.78. The Morgan fingerprint density at radius 1 is 0.897 bits per heavy atom. The maximum Gasteiger partial charge on any atom is 0.258 e. The summed E-state index contributed by atoms with van der Waals surface area (Å²) >= 11 is 0. The monoisotopic (exact) mass is 394 g/mol. The molecule has 8 nitrogen and oxygen atoms in total. The van der Waals surface area contributed by atoms with Crippen LogP contribution in [0.5, 0.6) is 17.2 Å². The summed E-state index contributed by atoms with van der Waals surface area (Å²) in [5.74, 6) is 2.02. The first-order valence-corrected chi connectivity index (χ1v) is 8.85. The van der Waals surface area contributed by atoms with Crippen molar-refractivity contribution in [1.29, 1.82) is 0 Å². The van der Waals surface area contributed by atoms with E-state index in [2.05, 4.69) is 20.6 Å². The van der Waals surface area contributed by atoms with Crippen LogP contribution in [0.25, 0.3) is 0 Å². The fourth-order valence-electron chi connectivity index (χ4n) is 2.56. The number of aromatic nitrogens is 2. The lowest BCUT2D eigenvalue weighted by atomic mass is 10.2. The molecule has 0 fully saturated rings. The number of nitrogens with one attached hydrogen (secondary N) is 2. The Morgan fingerprint density at radius 3 is 2.17 bits per heavy atom. The average molecular weight is 394 g/mol. The van der Waals surface area contributed by atoms with E-state index in [9.17, 15) is 4.79 Å². The molecular formula is C21H22N4O4. The number of methoxy groups -OCH3 is 3. The molecule has 0 aliphatic carbocycles. The molecule has 1 amide bonds. The second-order valence-electron chi connectivity index (χ2n) is 6.02. The van der Waals surface area contributed by atoms with Crippen LogP contribution in [0.3, 0.4) is 0 Å². The van der Waals surface area contributed by atoms with Crippen LogP contribution in [-0.4, -0.2) is 37.2 Å². The van der Waals surface area contributed by atoms with Gasteiger partial charge in [-0.1, -0.05) is 12.1 Å². The van der Waals surface area contributed by atoms with E-state index in [1.54, 1.807) is 32.4 Å². The fraction of sp³-hybridized carbons (Fsp3) is 0.190. The van der Waals surface area contributed by atoms with Crippen LogP contribution >= 0.6 is 0 Å². The molecule has 29 heavy (non-hydrogen) atoms. The van der Waals surface area contributed by atoms with E-state index in [4.69, 9.17) is 14.2 Å². The number of anilines is 2. The Morgan fingerprint density at radius 2 is 1.55 bits per heavy atom. The van der Waals surface area contributed by atoms with Crippen LogP contribution in [0.2, 0.25) is 0 Å². The third-order valence-corrected chi connectivity index (χ3v) is 4.18. The molecule has 150 valence electrons. The molecule has 0 radical (unpaired) electrons. The Kier molecular flexibility index (Phi) is 6.47. The lowest BCUT2D eigenvalue weighted by Crippen LogP contribution is -2.14. The molecule has 0 aliphatic heterocycles. The fourth-order valence-corrected chi connectivity index (χ4v) is 2.56. The van der Waals surface area contributed by atoms with E-state index in [1.165, 1.54) is 19.5 Å². The van der Waals surface area contributed by atoms with Gasteiger partial charge in [-0.3, -0.25) is 4.79 Å². The van der Waals surface area contributed by atoms with Crippen LogP contribution in [0.15, 0.2) is 54.9 Å². The number of nitrogens with zero attached hydrogens (tertiary/aromatic N) is 2. The minimum absolute atomic E-state index is 0.331. The summed E-state index contributed by atoms with van der Waals surface area (Å²) in [5, 5.41) is 5.90. The summed E-state index contributed by atoms with van der Waals surface area (Å²) < 4.78 is 15.6. The van der Waals surface area contributed by atoms with Gasteiger partial charge in [-0.2, -0.15) is 0 Å². The molecule has 0 aliphatic rings. The van der Waals surface area contributed by atoms with Crippen LogP contribution in [0, 0.1) is 0 Å². The van der Waals surface area contributed by atoms with Gasteiger partial charge >= 0.3 is 0 Å². The quantitative estimate of drug-likeness (QED) is 0.605. The second kappa shape index (κ2) is 9.41. The predicted molar refractivity (Wildman–Crippen MR) is 110 cm³/mol. The van der Waals surface area contributed by atoms with Gasteiger partial charge in [-0.15, -0.1) is 0 Å². The number of ether oxygens (including phenoxy) is 3. The zero-order valence-electron chi connectivity index (χ0n) is 16.4. The maximum absolute atomic E-state index is 12.5. The SMILES string of the molecule is COc1ccc(CNc2ncc(C(=O)Nc3ccc(OC)cc3OC)cn2)cc1. The molecule has 1 aromatic heterocycles. The van der Waals surface area contributed by atoms with E-state index in [0.29, 0.717) is 35.2 Å². The number of benzene rings is 2. The molecular weight excluding hydrogens is 372 g/mol. The molecule has 1 heterocycles. The lowest BCUT2D eigenvalue weighted by Gasteiger charge is -2.11. The Balaban J connectivity index is 1.61.